The van der Waals surface area contributed by atoms with E-state index < -0.39 is 7.12 Å². The van der Waals surface area contributed by atoms with E-state index in [1.165, 1.54) is 0 Å². The number of anilines is 1. The van der Waals surface area contributed by atoms with Gasteiger partial charge in [-0.3, -0.25) is 0 Å². The lowest BCUT2D eigenvalue weighted by Gasteiger charge is -2.10. The van der Waals surface area contributed by atoms with Crippen molar-refractivity contribution in [1.29, 1.82) is 0 Å². The molecule has 1 aromatic carbocycles. The van der Waals surface area contributed by atoms with E-state index >= 15 is 0 Å². The predicted octanol–water partition coefficient (Wildman–Crippen LogP) is 1.25. The maximum Gasteiger partial charge on any atom is 0.493 e. The number of nitrogens with one attached hydrogen (secondary N) is 1. The van der Waals surface area contributed by atoms with Crippen LogP contribution in [-0.2, 0) is 11.3 Å². The molecule has 0 radical (unpaired) electrons. The summed E-state index contributed by atoms with van der Waals surface area (Å²) >= 11 is 12.0. The summed E-state index contributed by atoms with van der Waals surface area (Å²) in [5.74, 6) is 0. The lowest BCUT2D eigenvalue weighted by molar-refractivity contribution is 0.275. The molecule has 0 unspecified atom stereocenters. The molecule has 1 heterocycles. The molecule has 0 bridgehead atoms. The van der Waals surface area contributed by atoms with Crippen molar-refractivity contribution in [3.63, 3.8) is 0 Å². The van der Waals surface area contributed by atoms with Crippen molar-refractivity contribution in [2.75, 3.05) is 12.4 Å². The van der Waals surface area contributed by atoms with Crippen LogP contribution in [0.2, 0.25) is 10.0 Å². The molecule has 3 nitrogen and oxygen atoms in total. The quantitative estimate of drug-likeness (QED) is 0.716. The monoisotopic (exact) mass is 231 g/mol. The maximum atomic E-state index is 9.50. The number of rotatable bonds is 1. The molecule has 2 N–H and O–H groups in total. The van der Waals surface area contributed by atoms with E-state index in [0.29, 0.717) is 27.8 Å². The Balaban J connectivity index is 2.64. The van der Waals surface area contributed by atoms with E-state index in [1.807, 2.05) is 0 Å². The number of halogens is 2. The van der Waals surface area contributed by atoms with Crippen LogP contribution in [0.3, 0.4) is 0 Å². The average molecular weight is 232 g/mol. The second kappa shape index (κ2) is 3.63. The van der Waals surface area contributed by atoms with E-state index in [0.717, 1.165) is 5.56 Å². The summed E-state index contributed by atoms with van der Waals surface area (Å²) in [6.07, 6.45) is 0. The van der Waals surface area contributed by atoms with Gasteiger partial charge in [0.05, 0.1) is 22.3 Å². The molecule has 0 atom stereocenters. The van der Waals surface area contributed by atoms with Gasteiger partial charge in [0, 0.05) is 12.5 Å². The van der Waals surface area contributed by atoms with Crippen molar-refractivity contribution >= 4 is 41.5 Å². The third-order valence-electron chi connectivity index (χ3n) is 2.24. The Morgan fingerprint density at radius 1 is 1.57 bits per heavy atom. The number of hydrogen-bond donors (Lipinski definition) is 2. The Hall–Kier alpha value is -0.415. The van der Waals surface area contributed by atoms with Crippen LogP contribution in [0.25, 0.3) is 0 Å². The molecule has 0 fully saturated rings. The number of hydrogen-bond acceptors (Lipinski definition) is 3. The fraction of sp³-hybridized carbons (Fsp3) is 0.250. The Morgan fingerprint density at radius 3 is 2.93 bits per heavy atom. The first-order valence-electron chi connectivity index (χ1n) is 4.13. The van der Waals surface area contributed by atoms with Gasteiger partial charge in [0.1, 0.15) is 0 Å². The molecule has 1 aliphatic rings. The van der Waals surface area contributed by atoms with Crippen LogP contribution in [-0.4, -0.2) is 19.2 Å². The highest BCUT2D eigenvalue weighted by molar-refractivity contribution is 6.66. The molecule has 2 rings (SSSR count). The van der Waals surface area contributed by atoms with E-state index in [2.05, 4.69) is 5.32 Å². The second-order valence-corrected chi connectivity index (χ2v) is 3.82. The fourth-order valence-electron chi connectivity index (χ4n) is 1.55. The van der Waals surface area contributed by atoms with Crippen LogP contribution in [0.5, 0.6) is 0 Å². The molecule has 0 aliphatic carbocycles. The topological polar surface area (TPSA) is 41.5 Å². The zero-order valence-corrected chi connectivity index (χ0v) is 8.99. The van der Waals surface area contributed by atoms with Crippen molar-refractivity contribution in [3.05, 3.63) is 21.7 Å². The molecule has 0 saturated carbocycles. The summed E-state index contributed by atoms with van der Waals surface area (Å²) in [6, 6.07) is 1.75. The van der Waals surface area contributed by atoms with Gasteiger partial charge in [-0.2, -0.15) is 0 Å². The van der Waals surface area contributed by atoms with E-state index in [1.54, 1.807) is 13.1 Å². The summed E-state index contributed by atoms with van der Waals surface area (Å²) in [5.41, 5.74) is 2.07. The van der Waals surface area contributed by atoms with Gasteiger partial charge >= 0.3 is 7.12 Å². The van der Waals surface area contributed by atoms with Gasteiger partial charge in [0.2, 0.25) is 0 Å². The van der Waals surface area contributed by atoms with E-state index in [-0.39, 0.29) is 0 Å². The molecular weight excluding hydrogens is 224 g/mol. The highest BCUT2D eigenvalue weighted by Gasteiger charge is 2.32. The highest BCUT2D eigenvalue weighted by Crippen LogP contribution is 2.32. The zero-order chi connectivity index (χ0) is 10.3. The van der Waals surface area contributed by atoms with Crippen molar-refractivity contribution < 1.29 is 9.68 Å². The maximum absolute atomic E-state index is 9.50. The van der Waals surface area contributed by atoms with Gasteiger partial charge < -0.3 is 15.0 Å². The number of benzene rings is 1. The Bertz CT molecular complexity index is 386. The van der Waals surface area contributed by atoms with Gasteiger partial charge in [0.25, 0.3) is 0 Å². The molecular formula is C8H8BCl2NO2. The minimum atomic E-state index is -0.943. The van der Waals surface area contributed by atoms with Gasteiger partial charge in [-0.15, -0.1) is 0 Å². The van der Waals surface area contributed by atoms with Gasteiger partial charge in [-0.05, 0) is 11.6 Å². The average Bonchev–Trinajstić information content (AvgIpc) is 2.48. The Labute approximate surface area is 92.1 Å². The van der Waals surface area contributed by atoms with Gasteiger partial charge in [0.15, 0.2) is 0 Å². The molecule has 0 saturated heterocycles. The molecule has 0 amide bonds. The molecule has 14 heavy (non-hydrogen) atoms. The molecule has 74 valence electrons. The van der Waals surface area contributed by atoms with Crippen molar-refractivity contribution in [2.24, 2.45) is 0 Å². The normalized spacial score (nSPS) is 14.4. The minimum Gasteiger partial charge on any atom is -0.423 e. The Morgan fingerprint density at radius 2 is 2.29 bits per heavy atom. The second-order valence-electron chi connectivity index (χ2n) is 3.03. The molecule has 6 heteroatoms. The summed E-state index contributed by atoms with van der Waals surface area (Å²) in [6.45, 7) is 0.347. The smallest absolute Gasteiger partial charge is 0.423 e. The van der Waals surface area contributed by atoms with Crippen molar-refractivity contribution in [1.82, 2.24) is 0 Å². The zero-order valence-electron chi connectivity index (χ0n) is 7.47. The van der Waals surface area contributed by atoms with Crippen LogP contribution >= 0.6 is 23.2 Å². The fourth-order valence-corrected chi connectivity index (χ4v) is 2.33. The van der Waals surface area contributed by atoms with Gasteiger partial charge in [-0.25, -0.2) is 0 Å². The molecule has 1 aliphatic heterocycles. The Kier molecular flexibility index (Phi) is 2.62. The summed E-state index contributed by atoms with van der Waals surface area (Å²) in [7, 11) is 0.781. The molecule has 0 spiro atoms. The lowest BCUT2D eigenvalue weighted by atomic mass is 9.79. The van der Waals surface area contributed by atoms with Crippen molar-refractivity contribution in [2.45, 2.75) is 6.61 Å². The van der Waals surface area contributed by atoms with Crippen LogP contribution in [0.4, 0.5) is 5.69 Å². The molecule has 1 aromatic rings. The van der Waals surface area contributed by atoms with E-state index in [9.17, 15) is 5.02 Å². The lowest BCUT2D eigenvalue weighted by Crippen LogP contribution is -2.29. The van der Waals surface area contributed by atoms with Gasteiger partial charge in [-0.1, -0.05) is 23.2 Å². The SMILES string of the molecule is CNc1c(Cl)cc2c(c1Cl)B(O)OC2. The summed E-state index contributed by atoms with van der Waals surface area (Å²) in [5, 5.41) is 13.3. The number of fused-ring (bicyclic) bond motifs is 1. The highest BCUT2D eigenvalue weighted by atomic mass is 35.5. The van der Waals surface area contributed by atoms with E-state index in [4.69, 9.17) is 27.9 Å². The molecule has 0 aromatic heterocycles. The third-order valence-corrected chi connectivity index (χ3v) is 2.93. The first-order valence-corrected chi connectivity index (χ1v) is 4.89. The first-order chi connectivity index (χ1) is 6.65. The first kappa shape index (κ1) is 10.1. The van der Waals surface area contributed by atoms with Crippen LogP contribution in [0.15, 0.2) is 6.07 Å². The third kappa shape index (κ3) is 1.39. The standard InChI is InChI=1S/C8H8BCl2NO2/c1-12-8-5(10)2-4-3-14-9(13)6(4)7(8)11/h2,12-13H,3H2,1H3. The van der Waals surface area contributed by atoms with Crippen LogP contribution in [0.1, 0.15) is 5.56 Å². The van der Waals surface area contributed by atoms with Crippen molar-refractivity contribution in [3.8, 4) is 0 Å². The largest absolute Gasteiger partial charge is 0.493 e. The predicted molar refractivity (Wildman–Crippen MR) is 58.4 cm³/mol. The summed E-state index contributed by atoms with van der Waals surface area (Å²) in [4.78, 5) is 0. The summed E-state index contributed by atoms with van der Waals surface area (Å²) < 4.78 is 5.04. The minimum absolute atomic E-state index is 0.347. The van der Waals surface area contributed by atoms with Crippen LogP contribution in [0, 0.1) is 0 Å². The van der Waals surface area contributed by atoms with Crippen LogP contribution < -0.4 is 10.8 Å².